The predicted octanol–water partition coefficient (Wildman–Crippen LogP) is 14.9. The lowest BCUT2D eigenvalue weighted by atomic mass is 9.82. The number of hydrogen-bond donors (Lipinski definition) is 0. The van der Waals surface area contributed by atoms with Gasteiger partial charge in [-0.1, -0.05) is 190 Å². The first-order valence-electron chi connectivity index (χ1n) is 20.4. The van der Waals surface area contributed by atoms with E-state index in [2.05, 4.69) is 236 Å². The van der Waals surface area contributed by atoms with Gasteiger partial charge in [0.15, 0.2) is 0 Å². The van der Waals surface area contributed by atoms with Crippen molar-refractivity contribution in [1.82, 2.24) is 9.61 Å². The number of rotatable bonds is 7. The maximum Gasteiger partial charge on any atom is 0.101 e. The molecular weight excluding hydrogens is 715 g/mol. The van der Waals surface area contributed by atoms with Gasteiger partial charge in [-0.05, 0) is 74.8 Å². The fourth-order valence-corrected chi connectivity index (χ4v) is 9.37. The van der Waals surface area contributed by atoms with Crippen molar-refractivity contribution in [1.29, 1.82) is 0 Å². The van der Waals surface area contributed by atoms with Crippen LogP contribution in [0.3, 0.4) is 0 Å². The fraction of sp³-hybridized carbons (Fsp3) is 0.0536. The molecule has 59 heavy (non-hydrogen) atoms. The quantitative estimate of drug-likeness (QED) is 0.161. The minimum Gasteiger partial charge on any atom is -0.309 e. The smallest absolute Gasteiger partial charge is 0.101 e. The molecule has 0 saturated carbocycles. The van der Waals surface area contributed by atoms with E-state index in [0.717, 1.165) is 55.7 Å². The van der Waals surface area contributed by atoms with Gasteiger partial charge in [-0.2, -0.15) is 5.10 Å². The van der Waals surface area contributed by atoms with E-state index in [1.54, 1.807) is 0 Å². The van der Waals surface area contributed by atoms with E-state index in [9.17, 15) is 0 Å². The summed E-state index contributed by atoms with van der Waals surface area (Å²) in [6.07, 6.45) is 2.13. The Morgan fingerprint density at radius 2 is 0.932 bits per heavy atom. The molecule has 0 amide bonds. The lowest BCUT2D eigenvalue weighted by Gasteiger charge is -2.30. The zero-order valence-corrected chi connectivity index (χ0v) is 33.0. The average Bonchev–Trinajstić information content (AvgIpc) is 3.81. The van der Waals surface area contributed by atoms with Gasteiger partial charge in [0.25, 0.3) is 0 Å². The minimum absolute atomic E-state index is 0.135. The van der Waals surface area contributed by atoms with Crippen LogP contribution in [-0.4, -0.2) is 9.61 Å². The highest BCUT2D eigenvalue weighted by molar-refractivity contribution is 6.12. The van der Waals surface area contributed by atoms with Gasteiger partial charge in [0.1, 0.15) is 5.69 Å². The molecule has 0 fully saturated rings. The van der Waals surface area contributed by atoms with Crippen LogP contribution in [0.25, 0.3) is 72.1 Å². The molecule has 0 bridgehead atoms. The Morgan fingerprint density at radius 1 is 0.407 bits per heavy atom. The molecule has 2 heterocycles. The zero-order valence-electron chi connectivity index (χ0n) is 33.0. The van der Waals surface area contributed by atoms with E-state index < -0.39 is 0 Å². The maximum atomic E-state index is 5.25. The van der Waals surface area contributed by atoms with Gasteiger partial charge >= 0.3 is 0 Å². The van der Waals surface area contributed by atoms with E-state index in [1.165, 1.54) is 44.5 Å². The molecule has 3 nitrogen and oxygen atoms in total. The third-order valence-corrected chi connectivity index (χ3v) is 12.3. The molecule has 1 aliphatic rings. The highest BCUT2D eigenvalue weighted by atomic mass is 15.2. The second-order valence-corrected chi connectivity index (χ2v) is 16.0. The van der Waals surface area contributed by atoms with Crippen molar-refractivity contribution in [3.8, 4) is 55.8 Å². The average molecular weight is 756 g/mol. The van der Waals surface area contributed by atoms with E-state index in [4.69, 9.17) is 5.10 Å². The van der Waals surface area contributed by atoms with Crippen LogP contribution in [0.1, 0.15) is 25.0 Å². The number of aromatic nitrogens is 2. The molecule has 8 aromatic carbocycles. The Bertz CT molecular complexity index is 3140. The van der Waals surface area contributed by atoms with Gasteiger partial charge in [-0.3, -0.25) is 0 Å². The topological polar surface area (TPSA) is 20.5 Å². The summed E-state index contributed by atoms with van der Waals surface area (Å²) in [6, 6.07) is 74.6. The van der Waals surface area contributed by atoms with E-state index >= 15 is 0 Å². The Kier molecular flexibility index (Phi) is 8.16. The largest absolute Gasteiger partial charge is 0.309 e. The molecule has 10 aromatic rings. The molecule has 0 unspecified atom stereocenters. The first kappa shape index (κ1) is 34.7. The van der Waals surface area contributed by atoms with Gasteiger partial charge in [0.05, 0.1) is 16.9 Å². The van der Waals surface area contributed by atoms with Crippen molar-refractivity contribution < 1.29 is 0 Å². The molecule has 11 rings (SSSR count). The third kappa shape index (κ3) is 5.69. The van der Waals surface area contributed by atoms with Crippen LogP contribution >= 0.6 is 0 Å². The highest BCUT2D eigenvalue weighted by Crippen LogP contribution is 2.55. The summed E-state index contributed by atoms with van der Waals surface area (Å²) in [5.74, 6) is 0. The molecule has 2 aromatic heterocycles. The molecule has 3 heteroatoms. The number of anilines is 3. The highest BCUT2D eigenvalue weighted by Gasteiger charge is 2.38. The van der Waals surface area contributed by atoms with Crippen LogP contribution in [0.4, 0.5) is 17.1 Å². The SMILES string of the molecule is CC1(C)c2ccccc2-c2c(N(c3ccc(-c4ccc(-c5ccccc5)cc4)cc3)c3cccc4c3ccn3nc(-c5ccccc5)c(-c5ccccc5)c43)cccc21. The Morgan fingerprint density at radius 3 is 1.61 bits per heavy atom. The van der Waals surface area contributed by atoms with Crippen molar-refractivity contribution in [3.63, 3.8) is 0 Å². The van der Waals surface area contributed by atoms with E-state index in [-0.39, 0.29) is 5.41 Å². The first-order chi connectivity index (χ1) is 29.0. The number of fused-ring (bicyclic) bond motifs is 6. The van der Waals surface area contributed by atoms with Crippen LogP contribution in [0.2, 0.25) is 0 Å². The van der Waals surface area contributed by atoms with Crippen molar-refractivity contribution in [3.05, 3.63) is 224 Å². The molecule has 1 aliphatic carbocycles. The summed E-state index contributed by atoms with van der Waals surface area (Å²) in [6.45, 7) is 4.71. The first-order valence-corrected chi connectivity index (χ1v) is 20.4. The molecule has 0 radical (unpaired) electrons. The van der Waals surface area contributed by atoms with Gasteiger partial charge in [-0.15, -0.1) is 0 Å². The Labute approximate surface area is 345 Å². The second-order valence-electron chi connectivity index (χ2n) is 16.0. The molecule has 0 saturated heterocycles. The van der Waals surface area contributed by atoms with Crippen molar-refractivity contribution >= 4 is 33.4 Å². The normalized spacial score (nSPS) is 12.7. The predicted molar refractivity (Wildman–Crippen MR) is 247 cm³/mol. The van der Waals surface area contributed by atoms with Crippen LogP contribution in [0.5, 0.6) is 0 Å². The number of hydrogen-bond acceptors (Lipinski definition) is 2. The molecule has 0 atom stereocenters. The van der Waals surface area contributed by atoms with Crippen LogP contribution in [0.15, 0.2) is 212 Å². The third-order valence-electron chi connectivity index (χ3n) is 12.3. The lowest BCUT2D eigenvalue weighted by Crippen LogP contribution is -2.16. The summed E-state index contributed by atoms with van der Waals surface area (Å²) in [4.78, 5) is 2.48. The standard InChI is InChI=1S/C56H41N3/c1-56(2)48-24-13-12-22-47(48)53-49(56)25-15-27-51(53)59(44-34-32-41(33-35-44)40-30-28-39(29-31-40)38-16-6-3-7-17-38)50-26-14-23-46-45(50)36-37-58-55(46)52(42-18-8-4-9-19-42)54(57-58)43-20-10-5-11-21-43/h3-37H,1-2H3. The molecular formula is C56H41N3. The van der Waals surface area contributed by atoms with Crippen LogP contribution < -0.4 is 4.90 Å². The summed E-state index contributed by atoms with van der Waals surface area (Å²) in [5, 5.41) is 7.55. The van der Waals surface area contributed by atoms with Gasteiger partial charge < -0.3 is 4.90 Å². The van der Waals surface area contributed by atoms with Gasteiger partial charge in [0, 0.05) is 44.8 Å². The molecule has 280 valence electrons. The maximum absolute atomic E-state index is 5.25. The monoisotopic (exact) mass is 755 g/mol. The summed E-state index contributed by atoms with van der Waals surface area (Å²) in [5.41, 5.74) is 18.7. The number of benzene rings is 8. The summed E-state index contributed by atoms with van der Waals surface area (Å²) < 4.78 is 2.07. The zero-order chi connectivity index (χ0) is 39.5. The second kappa shape index (κ2) is 13.9. The number of nitrogens with zero attached hydrogens (tertiary/aromatic N) is 3. The van der Waals surface area contributed by atoms with Gasteiger partial charge in [0.2, 0.25) is 0 Å². The minimum atomic E-state index is -0.135. The van der Waals surface area contributed by atoms with Crippen LogP contribution in [-0.2, 0) is 5.41 Å². The summed E-state index contributed by atoms with van der Waals surface area (Å²) in [7, 11) is 0. The fourth-order valence-electron chi connectivity index (χ4n) is 9.37. The van der Waals surface area contributed by atoms with Crippen molar-refractivity contribution in [2.45, 2.75) is 19.3 Å². The van der Waals surface area contributed by atoms with Crippen molar-refractivity contribution in [2.24, 2.45) is 0 Å². The molecule has 0 spiro atoms. The van der Waals surface area contributed by atoms with Crippen LogP contribution in [0, 0.1) is 0 Å². The van der Waals surface area contributed by atoms with Crippen molar-refractivity contribution in [2.75, 3.05) is 4.90 Å². The number of pyridine rings is 1. The molecule has 0 N–H and O–H groups in total. The van der Waals surface area contributed by atoms with E-state index in [0.29, 0.717) is 0 Å². The lowest BCUT2D eigenvalue weighted by molar-refractivity contribution is 0.660. The van der Waals surface area contributed by atoms with Gasteiger partial charge in [-0.25, -0.2) is 4.52 Å². The van der Waals surface area contributed by atoms with E-state index in [1.807, 2.05) is 0 Å². The summed E-state index contributed by atoms with van der Waals surface area (Å²) >= 11 is 0. The Balaban J connectivity index is 1.13. The Hall–Kier alpha value is -7.49. The molecule has 0 aliphatic heterocycles.